The molecule has 3 nitrogen and oxygen atoms in total. The molecule has 1 aromatic rings. The normalized spacial score (nSPS) is 20.7. The Kier molecular flexibility index (Phi) is 2.85. The van der Waals surface area contributed by atoms with E-state index in [2.05, 4.69) is 23.0 Å². The molecule has 0 saturated heterocycles. The summed E-state index contributed by atoms with van der Waals surface area (Å²) in [6.07, 6.45) is 3.15. The molecule has 80 valence electrons. The van der Waals surface area contributed by atoms with E-state index in [9.17, 15) is 0 Å². The zero-order valence-corrected chi connectivity index (χ0v) is 10.0. The number of hydrogen-bond donors (Lipinski definition) is 0. The van der Waals surface area contributed by atoms with Gasteiger partial charge in [-0.25, -0.2) is 9.97 Å². The highest BCUT2D eigenvalue weighted by molar-refractivity contribution is 6.33. The third kappa shape index (κ3) is 2.08. The quantitative estimate of drug-likeness (QED) is 0.710. The van der Waals surface area contributed by atoms with Crippen LogP contribution in [0.25, 0.3) is 0 Å². The molecule has 1 aromatic heterocycles. The molecule has 1 aliphatic rings. The number of hydrogen-bond acceptors (Lipinski definition) is 3. The van der Waals surface area contributed by atoms with E-state index in [0.717, 1.165) is 12.1 Å². The first-order valence-electron chi connectivity index (χ1n) is 4.74. The van der Waals surface area contributed by atoms with Gasteiger partial charge in [-0.05, 0) is 20.3 Å². The molecule has 1 atom stereocenters. The van der Waals surface area contributed by atoms with Crippen LogP contribution in [0.15, 0.2) is 17.8 Å². The van der Waals surface area contributed by atoms with Crippen molar-refractivity contribution in [3.8, 4) is 0 Å². The summed E-state index contributed by atoms with van der Waals surface area (Å²) in [5, 5.41) is 0.744. The largest absolute Gasteiger partial charge is 0.312 e. The van der Waals surface area contributed by atoms with E-state index >= 15 is 0 Å². The van der Waals surface area contributed by atoms with Crippen molar-refractivity contribution in [3.05, 3.63) is 28.1 Å². The van der Waals surface area contributed by atoms with Crippen molar-refractivity contribution >= 4 is 29.2 Å². The Labute approximate surface area is 98.7 Å². The average Bonchev–Trinajstić information content (AvgIpc) is 2.44. The lowest BCUT2D eigenvalue weighted by Crippen LogP contribution is -2.28. The van der Waals surface area contributed by atoms with Crippen LogP contribution < -0.4 is 4.90 Å². The first kappa shape index (κ1) is 10.7. The van der Waals surface area contributed by atoms with Crippen molar-refractivity contribution in [1.29, 1.82) is 0 Å². The van der Waals surface area contributed by atoms with Crippen LogP contribution in [-0.4, -0.2) is 16.0 Å². The highest BCUT2D eigenvalue weighted by atomic mass is 35.5. The van der Waals surface area contributed by atoms with Crippen molar-refractivity contribution in [2.45, 2.75) is 26.3 Å². The third-order valence-electron chi connectivity index (χ3n) is 2.44. The highest BCUT2D eigenvalue weighted by Crippen LogP contribution is 2.27. The zero-order valence-electron chi connectivity index (χ0n) is 8.54. The molecule has 0 aromatic carbocycles. The van der Waals surface area contributed by atoms with E-state index < -0.39 is 0 Å². The van der Waals surface area contributed by atoms with Crippen LogP contribution in [0.3, 0.4) is 0 Å². The van der Waals surface area contributed by atoms with Crippen LogP contribution in [0, 0.1) is 0 Å². The predicted octanol–water partition coefficient (Wildman–Crippen LogP) is 3.29. The van der Waals surface area contributed by atoms with Gasteiger partial charge in [-0.1, -0.05) is 29.3 Å². The van der Waals surface area contributed by atoms with Gasteiger partial charge < -0.3 is 4.90 Å². The molecule has 1 aliphatic heterocycles. The molecule has 0 fully saturated rings. The maximum Gasteiger partial charge on any atom is 0.232 e. The molecule has 0 spiro atoms. The molecule has 2 heterocycles. The number of rotatable bonds is 1. The van der Waals surface area contributed by atoms with Crippen molar-refractivity contribution < 1.29 is 0 Å². The minimum Gasteiger partial charge on any atom is -0.312 e. The van der Waals surface area contributed by atoms with Gasteiger partial charge in [-0.3, -0.25) is 0 Å². The Hall–Kier alpha value is -0.800. The monoisotopic (exact) mass is 243 g/mol. The maximum absolute atomic E-state index is 5.84. The Morgan fingerprint density at radius 1 is 1.33 bits per heavy atom. The lowest BCUT2D eigenvalue weighted by molar-refractivity contribution is 0.724. The summed E-state index contributed by atoms with van der Waals surface area (Å²) in [7, 11) is 0. The second-order valence-electron chi connectivity index (χ2n) is 3.61. The zero-order chi connectivity index (χ0) is 11.0. The maximum atomic E-state index is 5.84. The van der Waals surface area contributed by atoms with Gasteiger partial charge in [0.15, 0.2) is 0 Å². The van der Waals surface area contributed by atoms with Crippen LogP contribution in [0.4, 0.5) is 5.95 Å². The predicted molar refractivity (Wildman–Crippen MR) is 62.4 cm³/mol. The van der Waals surface area contributed by atoms with Crippen molar-refractivity contribution in [1.82, 2.24) is 9.97 Å². The van der Waals surface area contributed by atoms with Gasteiger partial charge in [-0.15, -0.1) is 0 Å². The smallest absolute Gasteiger partial charge is 0.232 e. The molecule has 0 saturated carbocycles. The summed E-state index contributed by atoms with van der Waals surface area (Å²) in [6.45, 7) is 4.15. The number of halogens is 2. The second kappa shape index (κ2) is 3.99. The van der Waals surface area contributed by atoms with Crippen LogP contribution in [0.5, 0.6) is 0 Å². The van der Waals surface area contributed by atoms with E-state index in [1.807, 2.05) is 11.8 Å². The SMILES string of the molecule is CC1=CCC(C)N1c1nc(Cl)cc(Cl)n1. The number of nitrogens with zero attached hydrogens (tertiary/aromatic N) is 3. The second-order valence-corrected chi connectivity index (χ2v) is 4.39. The van der Waals surface area contributed by atoms with Gasteiger partial charge >= 0.3 is 0 Å². The molecule has 0 N–H and O–H groups in total. The number of anilines is 1. The van der Waals surface area contributed by atoms with Gasteiger partial charge in [0.25, 0.3) is 0 Å². The summed E-state index contributed by atoms with van der Waals surface area (Å²) >= 11 is 11.7. The molecule has 1 unspecified atom stereocenters. The van der Waals surface area contributed by atoms with Gasteiger partial charge in [-0.2, -0.15) is 0 Å². The Bertz CT molecular complexity index is 397. The van der Waals surface area contributed by atoms with Crippen molar-refractivity contribution in [3.63, 3.8) is 0 Å². The summed E-state index contributed by atoms with van der Waals surface area (Å²) in [6, 6.07) is 1.89. The molecule has 15 heavy (non-hydrogen) atoms. The summed E-state index contributed by atoms with van der Waals surface area (Å²) in [5.74, 6) is 0.575. The fraction of sp³-hybridized carbons (Fsp3) is 0.400. The standard InChI is InChI=1S/C10H11Cl2N3/c1-6-3-4-7(2)15(6)10-13-8(11)5-9(12)14-10/h3,5,7H,4H2,1-2H3. The highest BCUT2D eigenvalue weighted by Gasteiger charge is 2.23. The van der Waals surface area contributed by atoms with Gasteiger partial charge in [0.05, 0.1) is 0 Å². The molecular formula is C10H11Cl2N3. The van der Waals surface area contributed by atoms with Crippen LogP contribution >= 0.6 is 23.2 Å². The molecule has 0 radical (unpaired) electrons. The Morgan fingerprint density at radius 3 is 2.40 bits per heavy atom. The molecule has 0 bridgehead atoms. The first-order chi connectivity index (χ1) is 7.08. The summed E-state index contributed by atoms with van der Waals surface area (Å²) in [5.41, 5.74) is 1.14. The fourth-order valence-corrected chi connectivity index (χ4v) is 2.15. The number of allylic oxidation sites excluding steroid dienone is 1. The molecule has 0 amide bonds. The average molecular weight is 244 g/mol. The summed E-state index contributed by atoms with van der Waals surface area (Å²) < 4.78 is 0. The molecule has 2 rings (SSSR count). The van der Waals surface area contributed by atoms with Crippen molar-refractivity contribution in [2.75, 3.05) is 4.90 Å². The van der Waals surface area contributed by atoms with E-state index in [1.165, 1.54) is 6.07 Å². The van der Waals surface area contributed by atoms with E-state index in [1.54, 1.807) is 0 Å². The van der Waals surface area contributed by atoms with Crippen LogP contribution in [-0.2, 0) is 0 Å². The Balaban J connectivity index is 2.40. The van der Waals surface area contributed by atoms with E-state index in [0.29, 0.717) is 22.3 Å². The summed E-state index contributed by atoms with van der Waals surface area (Å²) in [4.78, 5) is 10.4. The lowest BCUT2D eigenvalue weighted by Gasteiger charge is -2.23. The van der Waals surface area contributed by atoms with Gasteiger partial charge in [0.1, 0.15) is 10.3 Å². The third-order valence-corrected chi connectivity index (χ3v) is 2.83. The first-order valence-corrected chi connectivity index (χ1v) is 5.49. The topological polar surface area (TPSA) is 29.0 Å². The van der Waals surface area contributed by atoms with E-state index in [4.69, 9.17) is 23.2 Å². The number of aromatic nitrogens is 2. The minimum absolute atomic E-state index is 0.361. The fourth-order valence-electron chi connectivity index (χ4n) is 1.73. The minimum atomic E-state index is 0.361. The van der Waals surface area contributed by atoms with Crippen LogP contribution in [0.2, 0.25) is 10.3 Å². The molecule has 5 heteroatoms. The van der Waals surface area contributed by atoms with Crippen molar-refractivity contribution in [2.24, 2.45) is 0 Å². The van der Waals surface area contributed by atoms with E-state index in [-0.39, 0.29) is 0 Å². The molecule has 0 aliphatic carbocycles. The van der Waals surface area contributed by atoms with Gasteiger partial charge in [0.2, 0.25) is 5.95 Å². The molecular weight excluding hydrogens is 233 g/mol. The van der Waals surface area contributed by atoms with Crippen LogP contribution in [0.1, 0.15) is 20.3 Å². The lowest BCUT2D eigenvalue weighted by atomic mass is 10.3. The Morgan fingerprint density at radius 2 is 1.93 bits per heavy atom. The van der Waals surface area contributed by atoms with Gasteiger partial charge in [0, 0.05) is 17.8 Å².